The summed E-state index contributed by atoms with van der Waals surface area (Å²) in [5.41, 5.74) is 9.08. The van der Waals surface area contributed by atoms with Gasteiger partial charge in [0, 0.05) is 30.7 Å². The third-order valence-corrected chi connectivity index (χ3v) is 4.30. The third-order valence-electron chi connectivity index (χ3n) is 3.27. The maximum absolute atomic E-state index is 11.1. The van der Waals surface area contributed by atoms with Crippen molar-refractivity contribution >= 4 is 21.2 Å². The molecule has 18 heavy (non-hydrogen) atoms. The fraction of sp³-hybridized carbons (Fsp3) is 0.538. The second-order valence-corrected chi connectivity index (χ2v) is 7.22. The summed E-state index contributed by atoms with van der Waals surface area (Å²) in [7, 11) is -2.86. The number of hydrogen-bond donors (Lipinski definition) is 1. The molecule has 1 heterocycles. The van der Waals surface area contributed by atoms with Crippen molar-refractivity contribution in [3.63, 3.8) is 0 Å². The lowest BCUT2D eigenvalue weighted by molar-refractivity contribution is 0.597. The molecular weight excluding hydrogens is 248 g/mol. The lowest BCUT2D eigenvalue weighted by atomic mass is 10.0. The summed E-state index contributed by atoms with van der Waals surface area (Å²) in [6.07, 6.45) is 4.16. The quantitative estimate of drug-likeness (QED) is 0.840. The van der Waals surface area contributed by atoms with E-state index in [0.29, 0.717) is 6.42 Å². The highest BCUT2D eigenvalue weighted by molar-refractivity contribution is 7.90. The van der Waals surface area contributed by atoms with Gasteiger partial charge in [0.2, 0.25) is 0 Å². The maximum Gasteiger partial charge on any atom is 0.147 e. The zero-order valence-electron chi connectivity index (χ0n) is 10.7. The average molecular weight is 268 g/mol. The molecule has 0 atom stereocenters. The van der Waals surface area contributed by atoms with Crippen LogP contribution < -0.4 is 10.6 Å². The van der Waals surface area contributed by atoms with Gasteiger partial charge in [-0.3, -0.25) is 0 Å². The molecule has 0 fully saturated rings. The minimum Gasteiger partial charge on any atom is -0.399 e. The molecule has 0 unspecified atom stereocenters. The van der Waals surface area contributed by atoms with Crippen LogP contribution in [-0.2, 0) is 16.3 Å². The first kappa shape index (κ1) is 13.2. The highest BCUT2D eigenvalue weighted by Gasteiger charge is 2.17. The number of rotatable bonds is 4. The minimum atomic E-state index is -2.86. The van der Waals surface area contributed by atoms with Crippen molar-refractivity contribution in [1.29, 1.82) is 0 Å². The Morgan fingerprint density at radius 3 is 2.89 bits per heavy atom. The highest BCUT2D eigenvalue weighted by Crippen LogP contribution is 2.29. The van der Waals surface area contributed by atoms with E-state index in [9.17, 15) is 8.42 Å². The Morgan fingerprint density at radius 1 is 1.39 bits per heavy atom. The van der Waals surface area contributed by atoms with E-state index in [1.807, 2.05) is 12.1 Å². The van der Waals surface area contributed by atoms with Crippen LogP contribution in [0.25, 0.3) is 0 Å². The Hall–Kier alpha value is -1.23. The van der Waals surface area contributed by atoms with Crippen molar-refractivity contribution < 1.29 is 8.42 Å². The molecule has 0 saturated carbocycles. The van der Waals surface area contributed by atoms with E-state index in [1.54, 1.807) is 0 Å². The van der Waals surface area contributed by atoms with E-state index in [2.05, 4.69) is 11.0 Å². The molecule has 0 radical (unpaired) electrons. The number of anilines is 2. The van der Waals surface area contributed by atoms with Crippen LogP contribution in [0, 0.1) is 0 Å². The van der Waals surface area contributed by atoms with Gasteiger partial charge in [-0.2, -0.15) is 0 Å². The monoisotopic (exact) mass is 268 g/mol. The zero-order valence-corrected chi connectivity index (χ0v) is 11.5. The van der Waals surface area contributed by atoms with Gasteiger partial charge in [0.05, 0.1) is 5.75 Å². The van der Waals surface area contributed by atoms with Gasteiger partial charge in [-0.25, -0.2) is 8.42 Å². The topological polar surface area (TPSA) is 63.4 Å². The molecule has 100 valence electrons. The van der Waals surface area contributed by atoms with Gasteiger partial charge < -0.3 is 10.6 Å². The first-order chi connectivity index (χ1) is 8.46. The number of aryl methyl sites for hydroxylation is 1. The van der Waals surface area contributed by atoms with Gasteiger partial charge >= 0.3 is 0 Å². The number of nitrogens with two attached hydrogens (primary N) is 1. The van der Waals surface area contributed by atoms with Gasteiger partial charge in [-0.05, 0) is 37.0 Å². The molecule has 1 aromatic rings. The smallest absolute Gasteiger partial charge is 0.147 e. The Balaban J connectivity index is 2.05. The van der Waals surface area contributed by atoms with Gasteiger partial charge in [0.1, 0.15) is 9.84 Å². The first-order valence-electron chi connectivity index (χ1n) is 6.27. The molecule has 1 aromatic carbocycles. The van der Waals surface area contributed by atoms with Crippen molar-refractivity contribution in [2.45, 2.75) is 19.3 Å². The molecule has 0 amide bonds. The van der Waals surface area contributed by atoms with Crippen LogP contribution in [0.3, 0.4) is 0 Å². The molecule has 2 rings (SSSR count). The Bertz CT molecular complexity index is 526. The molecular formula is C13H20N2O2S. The molecule has 0 saturated heterocycles. The second kappa shape index (κ2) is 5.18. The van der Waals surface area contributed by atoms with Crippen molar-refractivity contribution in [2.75, 3.05) is 35.7 Å². The van der Waals surface area contributed by atoms with Crippen molar-refractivity contribution in [2.24, 2.45) is 0 Å². The molecule has 0 spiro atoms. The number of fused-ring (bicyclic) bond motifs is 1. The normalized spacial score (nSPS) is 15.5. The van der Waals surface area contributed by atoms with E-state index in [0.717, 1.165) is 31.6 Å². The number of nitrogens with zero attached hydrogens (tertiary/aromatic N) is 1. The standard InChI is InChI=1S/C13H20N2O2S/c1-18(16,17)9-3-8-15-7-2-4-11-5-6-12(14)10-13(11)15/h5-6,10H,2-4,7-9,14H2,1H3. The van der Waals surface area contributed by atoms with Crippen molar-refractivity contribution in [1.82, 2.24) is 0 Å². The molecule has 0 bridgehead atoms. The fourth-order valence-electron chi connectivity index (χ4n) is 2.42. The van der Waals surface area contributed by atoms with Gasteiger partial charge in [-0.1, -0.05) is 6.07 Å². The summed E-state index contributed by atoms with van der Waals surface area (Å²) in [5.74, 6) is 0.251. The van der Waals surface area contributed by atoms with Crippen LogP contribution in [0.15, 0.2) is 18.2 Å². The summed E-state index contributed by atoms with van der Waals surface area (Å²) >= 11 is 0. The Kier molecular flexibility index (Phi) is 3.80. The first-order valence-corrected chi connectivity index (χ1v) is 8.33. The Labute approximate surface area is 109 Å². The van der Waals surface area contributed by atoms with E-state index in [1.165, 1.54) is 17.5 Å². The van der Waals surface area contributed by atoms with Crippen LogP contribution in [0.1, 0.15) is 18.4 Å². The van der Waals surface area contributed by atoms with E-state index < -0.39 is 9.84 Å². The third kappa shape index (κ3) is 3.38. The molecule has 4 nitrogen and oxygen atoms in total. The summed E-state index contributed by atoms with van der Waals surface area (Å²) in [6.45, 7) is 1.77. The van der Waals surface area contributed by atoms with Crippen LogP contribution in [0.2, 0.25) is 0 Å². The van der Waals surface area contributed by atoms with Crippen LogP contribution in [-0.4, -0.2) is 33.5 Å². The van der Waals surface area contributed by atoms with E-state index >= 15 is 0 Å². The number of hydrogen-bond acceptors (Lipinski definition) is 4. The van der Waals surface area contributed by atoms with Gasteiger partial charge in [0.15, 0.2) is 0 Å². The zero-order chi connectivity index (χ0) is 13.2. The number of benzene rings is 1. The SMILES string of the molecule is CS(=O)(=O)CCCN1CCCc2ccc(N)cc21. The lowest BCUT2D eigenvalue weighted by Crippen LogP contribution is -2.31. The van der Waals surface area contributed by atoms with Crippen molar-refractivity contribution in [3.05, 3.63) is 23.8 Å². The summed E-state index contributed by atoms with van der Waals surface area (Å²) in [5, 5.41) is 0. The second-order valence-electron chi connectivity index (χ2n) is 4.96. The van der Waals surface area contributed by atoms with Crippen LogP contribution >= 0.6 is 0 Å². The number of nitrogen functional groups attached to an aromatic ring is 1. The molecule has 1 aliphatic rings. The van der Waals surface area contributed by atoms with Gasteiger partial charge in [0.25, 0.3) is 0 Å². The van der Waals surface area contributed by atoms with Gasteiger partial charge in [-0.15, -0.1) is 0 Å². The summed E-state index contributed by atoms with van der Waals surface area (Å²) < 4.78 is 22.3. The lowest BCUT2D eigenvalue weighted by Gasteiger charge is -2.31. The molecule has 2 N–H and O–H groups in total. The Morgan fingerprint density at radius 2 is 2.17 bits per heavy atom. The predicted octanol–water partition coefficient (Wildman–Crippen LogP) is 1.46. The highest BCUT2D eigenvalue weighted by atomic mass is 32.2. The van der Waals surface area contributed by atoms with Crippen molar-refractivity contribution in [3.8, 4) is 0 Å². The maximum atomic E-state index is 11.1. The predicted molar refractivity (Wildman–Crippen MR) is 75.7 cm³/mol. The van der Waals surface area contributed by atoms with Crippen LogP contribution in [0.5, 0.6) is 0 Å². The van der Waals surface area contributed by atoms with E-state index in [-0.39, 0.29) is 5.75 Å². The average Bonchev–Trinajstić information content (AvgIpc) is 2.28. The van der Waals surface area contributed by atoms with Crippen LogP contribution in [0.4, 0.5) is 11.4 Å². The molecule has 0 aromatic heterocycles. The largest absolute Gasteiger partial charge is 0.399 e. The van der Waals surface area contributed by atoms with E-state index in [4.69, 9.17) is 5.73 Å². The summed E-state index contributed by atoms with van der Waals surface area (Å²) in [6, 6.07) is 6.00. The summed E-state index contributed by atoms with van der Waals surface area (Å²) in [4.78, 5) is 2.25. The minimum absolute atomic E-state index is 0.251. The molecule has 1 aliphatic heterocycles. The molecule has 5 heteroatoms. The molecule has 0 aliphatic carbocycles. The number of sulfone groups is 1. The fourth-order valence-corrected chi connectivity index (χ4v) is 3.07.